The molecule has 28 heavy (non-hydrogen) atoms. The van der Waals surface area contributed by atoms with Gasteiger partial charge in [0.2, 0.25) is 0 Å². The van der Waals surface area contributed by atoms with Crippen LogP contribution in [0.5, 0.6) is 0 Å². The van der Waals surface area contributed by atoms with E-state index < -0.39 is 0 Å². The highest BCUT2D eigenvalue weighted by Crippen LogP contribution is 2.23. The fraction of sp³-hybridized carbons (Fsp3) is 0.120. The Bertz CT molecular complexity index is 1190. The molecule has 0 aliphatic rings. The van der Waals surface area contributed by atoms with Gasteiger partial charge in [0.15, 0.2) is 0 Å². The van der Waals surface area contributed by atoms with Gasteiger partial charge in [-0.25, -0.2) is 4.98 Å². The summed E-state index contributed by atoms with van der Waals surface area (Å²) in [5.74, 6) is 0.924. The Hall–Kier alpha value is -3.64. The van der Waals surface area contributed by atoms with Gasteiger partial charge in [-0.15, -0.1) is 0 Å². The minimum Gasteiger partial charge on any atom is -0.320 e. The molecule has 0 saturated carbocycles. The quantitative estimate of drug-likeness (QED) is 0.464. The Labute approximate surface area is 165 Å². The molecule has 0 bridgehead atoms. The van der Waals surface area contributed by atoms with Crippen molar-refractivity contribution in [1.29, 1.82) is 5.26 Å². The van der Waals surface area contributed by atoms with Crippen LogP contribution in [0, 0.1) is 25.2 Å². The second-order valence-electron chi connectivity index (χ2n) is 7.03. The van der Waals surface area contributed by atoms with Crippen molar-refractivity contribution in [2.24, 2.45) is 0 Å². The maximum Gasteiger partial charge on any atom is 0.134 e. The highest BCUT2D eigenvalue weighted by molar-refractivity contribution is 5.81. The SMILES string of the molecule is Cc1cc2nc(C=Cc3ccccc3)n(Cc3ccc(C#N)cc3)c2cc1C. The van der Waals surface area contributed by atoms with E-state index in [4.69, 9.17) is 10.2 Å². The topological polar surface area (TPSA) is 41.6 Å². The molecule has 4 rings (SSSR count). The Morgan fingerprint density at radius 2 is 1.64 bits per heavy atom. The van der Waals surface area contributed by atoms with Crippen molar-refractivity contribution in [3.8, 4) is 6.07 Å². The number of nitrogens with zero attached hydrogens (tertiary/aromatic N) is 3. The average Bonchev–Trinajstić information content (AvgIpc) is 3.04. The summed E-state index contributed by atoms with van der Waals surface area (Å²) in [5.41, 5.74) is 7.60. The van der Waals surface area contributed by atoms with Crippen molar-refractivity contribution >= 4 is 23.2 Å². The second kappa shape index (κ2) is 7.54. The van der Waals surface area contributed by atoms with Crippen LogP contribution in [-0.4, -0.2) is 9.55 Å². The normalized spacial score (nSPS) is 11.2. The number of aryl methyl sites for hydroxylation is 2. The first-order chi connectivity index (χ1) is 13.6. The molecule has 0 aliphatic heterocycles. The zero-order valence-electron chi connectivity index (χ0n) is 16.1. The van der Waals surface area contributed by atoms with Gasteiger partial charge in [0.05, 0.1) is 22.7 Å². The minimum atomic E-state index is 0.676. The predicted molar refractivity (Wildman–Crippen MR) is 115 cm³/mol. The Balaban J connectivity index is 1.79. The lowest BCUT2D eigenvalue weighted by molar-refractivity contribution is 0.813. The van der Waals surface area contributed by atoms with E-state index in [1.165, 1.54) is 11.1 Å². The third-order valence-electron chi connectivity index (χ3n) is 5.04. The molecule has 0 aliphatic carbocycles. The Morgan fingerprint density at radius 1 is 0.929 bits per heavy atom. The standard InChI is InChI=1S/C25H21N3/c1-18-14-23-24(15-19(18)2)28(17-22-10-8-21(16-26)9-11-22)25(27-23)13-12-20-6-4-3-5-7-20/h3-15H,17H2,1-2H3. The van der Waals surface area contributed by atoms with Crippen LogP contribution in [-0.2, 0) is 6.54 Å². The molecule has 4 aromatic rings. The summed E-state index contributed by atoms with van der Waals surface area (Å²) in [5, 5.41) is 9.03. The predicted octanol–water partition coefficient (Wildman–Crippen LogP) is 5.74. The number of nitriles is 1. The molecule has 3 aromatic carbocycles. The highest BCUT2D eigenvalue weighted by atomic mass is 15.1. The summed E-state index contributed by atoms with van der Waals surface area (Å²) < 4.78 is 2.24. The van der Waals surface area contributed by atoms with Crippen LogP contribution >= 0.6 is 0 Å². The second-order valence-corrected chi connectivity index (χ2v) is 7.03. The summed E-state index contributed by atoms with van der Waals surface area (Å²) in [6.45, 7) is 4.96. The molecule has 0 spiro atoms. The van der Waals surface area contributed by atoms with Crippen LogP contribution in [0.4, 0.5) is 0 Å². The summed E-state index contributed by atoms with van der Waals surface area (Å²) >= 11 is 0. The van der Waals surface area contributed by atoms with Crippen LogP contribution in [0.25, 0.3) is 23.2 Å². The molecule has 0 atom stereocenters. The molecule has 0 unspecified atom stereocenters. The van der Waals surface area contributed by atoms with E-state index in [-0.39, 0.29) is 0 Å². The molecule has 3 heteroatoms. The number of benzene rings is 3. The van der Waals surface area contributed by atoms with Gasteiger partial charge in [-0.1, -0.05) is 48.5 Å². The number of imidazole rings is 1. The van der Waals surface area contributed by atoms with Gasteiger partial charge in [0, 0.05) is 6.54 Å². The van der Waals surface area contributed by atoms with Crippen LogP contribution in [0.2, 0.25) is 0 Å². The summed E-state index contributed by atoms with van der Waals surface area (Å²) in [7, 11) is 0. The van der Waals surface area contributed by atoms with Gasteiger partial charge < -0.3 is 4.57 Å². The fourth-order valence-corrected chi connectivity index (χ4v) is 3.29. The molecule has 1 heterocycles. The molecule has 0 amide bonds. The van der Waals surface area contributed by atoms with Crippen molar-refractivity contribution in [2.45, 2.75) is 20.4 Å². The van der Waals surface area contributed by atoms with Crippen molar-refractivity contribution < 1.29 is 0 Å². The van der Waals surface area contributed by atoms with E-state index >= 15 is 0 Å². The third kappa shape index (κ3) is 3.58. The lowest BCUT2D eigenvalue weighted by Crippen LogP contribution is -2.02. The molecule has 136 valence electrons. The maximum absolute atomic E-state index is 9.03. The molecule has 0 N–H and O–H groups in total. The Kier molecular flexibility index (Phi) is 4.78. The van der Waals surface area contributed by atoms with Gasteiger partial charge in [-0.3, -0.25) is 0 Å². The fourth-order valence-electron chi connectivity index (χ4n) is 3.29. The Morgan fingerprint density at radius 3 is 2.36 bits per heavy atom. The van der Waals surface area contributed by atoms with E-state index in [0.29, 0.717) is 12.1 Å². The molecule has 0 saturated heterocycles. The molecular formula is C25H21N3. The highest BCUT2D eigenvalue weighted by Gasteiger charge is 2.11. The van der Waals surface area contributed by atoms with E-state index in [0.717, 1.165) is 28.0 Å². The van der Waals surface area contributed by atoms with E-state index in [1.54, 1.807) is 0 Å². The summed E-state index contributed by atoms with van der Waals surface area (Å²) in [6, 6.07) is 24.5. The largest absolute Gasteiger partial charge is 0.320 e. The average molecular weight is 363 g/mol. The first-order valence-electron chi connectivity index (χ1n) is 9.34. The first-order valence-corrected chi connectivity index (χ1v) is 9.34. The van der Waals surface area contributed by atoms with Crippen molar-refractivity contribution in [3.63, 3.8) is 0 Å². The monoisotopic (exact) mass is 363 g/mol. The van der Waals surface area contributed by atoms with Gasteiger partial charge in [-0.05, 0) is 66.4 Å². The van der Waals surface area contributed by atoms with Crippen LogP contribution in [0.3, 0.4) is 0 Å². The smallest absolute Gasteiger partial charge is 0.134 e. The van der Waals surface area contributed by atoms with Crippen molar-refractivity contribution in [2.75, 3.05) is 0 Å². The number of rotatable bonds is 4. The van der Waals surface area contributed by atoms with Gasteiger partial charge >= 0.3 is 0 Å². The number of aromatic nitrogens is 2. The molecule has 3 nitrogen and oxygen atoms in total. The molecule has 0 radical (unpaired) electrons. The van der Waals surface area contributed by atoms with Gasteiger partial charge in [0.1, 0.15) is 5.82 Å². The lowest BCUT2D eigenvalue weighted by Gasteiger charge is -2.09. The van der Waals surface area contributed by atoms with Gasteiger partial charge in [0.25, 0.3) is 0 Å². The third-order valence-corrected chi connectivity index (χ3v) is 5.04. The minimum absolute atomic E-state index is 0.676. The molecule has 1 aromatic heterocycles. The first kappa shape index (κ1) is 17.8. The molecule has 0 fully saturated rings. The van der Waals surface area contributed by atoms with Crippen LogP contribution in [0.1, 0.15) is 33.6 Å². The van der Waals surface area contributed by atoms with E-state index in [9.17, 15) is 0 Å². The van der Waals surface area contributed by atoms with Gasteiger partial charge in [-0.2, -0.15) is 5.26 Å². The van der Waals surface area contributed by atoms with E-state index in [1.807, 2.05) is 42.5 Å². The van der Waals surface area contributed by atoms with Crippen molar-refractivity contribution in [1.82, 2.24) is 9.55 Å². The zero-order chi connectivity index (χ0) is 19.5. The van der Waals surface area contributed by atoms with E-state index in [2.05, 4.69) is 60.9 Å². The summed E-state index contributed by atoms with van der Waals surface area (Å²) in [6.07, 6.45) is 4.17. The molecular weight excluding hydrogens is 342 g/mol. The number of fused-ring (bicyclic) bond motifs is 1. The summed E-state index contributed by atoms with van der Waals surface area (Å²) in [4.78, 5) is 4.88. The number of hydrogen-bond donors (Lipinski definition) is 0. The lowest BCUT2D eigenvalue weighted by atomic mass is 10.1. The maximum atomic E-state index is 9.03. The van der Waals surface area contributed by atoms with Crippen LogP contribution in [0.15, 0.2) is 66.7 Å². The zero-order valence-corrected chi connectivity index (χ0v) is 16.1. The number of hydrogen-bond acceptors (Lipinski definition) is 2. The van der Waals surface area contributed by atoms with Crippen LogP contribution < -0.4 is 0 Å². The van der Waals surface area contributed by atoms with Crippen molar-refractivity contribution in [3.05, 3.63) is 100 Å².